The van der Waals surface area contributed by atoms with E-state index < -0.39 is 0 Å². The van der Waals surface area contributed by atoms with Crippen LogP contribution in [0.1, 0.15) is 76.4 Å². The summed E-state index contributed by atoms with van der Waals surface area (Å²) >= 11 is 0. The van der Waals surface area contributed by atoms with Crippen LogP contribution in [0.3, 0.4) is 0 Å². The molecule has 6 nitrogen and oxygen atoms in total. The van der Waals surface area contributed by atoms with Crippen molar-refractivity contribution in [1.29, 1.82) is 0 Å². The van der Waals surface area contributed by atoms with Crippen LogP contribution in [0, 0.1) is 6.92 Å². The second kappa shape index (κ2) is 20.8. The van der Waals surface area contributed by atoms with E-state index in [9.17, 15) is 9.59 Å². The summed E-state index contributed by atoms with van der Waals surface area (Å²) < 4.78 is 10.7. The van der Waals surface area contributed by atoms with Gasteiger partial charge >= 0.3 is 0 Å². The summed E-state index contributed by atoms with van der Waals surface area (Å²) in [6.45, 7) is 12.2. The number of nitrogens with one attached hydrogen (secondary N) is 1. The van der Waals surface area contributed by atoms with Crippen LogP contribution in [0.2, 0.25) is 0 Å². The molecule has 4 rings (SSSR count). The molecule has 0 spiro atoms. The van der Waals surface area contributed by atoms with Crippen molar-refractivity contribution in [2.45, 2.75) is 67.2 Å². The molecule has 3 aromatic carbocycles. The van der Waals surface area contributed by atoms with Gasteiger partial charge in [-0.2, -0.15) is 0 Å². The lowest BCUT2D eigenvalue weighted by Crippen LogP contribution is -2.16. The molecule has 0 aliphatic carbocycles. The average molecular weight is 559 g/mol. The summed E-state index contributed by atoms with van der Waals surface area (Å²) in [4.78, 5) is 27.9. The van der Waals surface area contributed by atoms with E-state index in [1.807, 2.05) is 48.5 Å². The third-order valence-electron chi connectivity index (χ3n) is 5.63. The average Bonchev–Trinajstić information content (AvgIpc) is 3.45. The second-order valence-corrected chi connectivity index (χ2v) is 9.33. The number of methoxy groups -OCH3 is 1. The zero-order chi connectivity index (χ0) is 30.5. The zero-order valence-electron chi connectivity index (χ0n) is 25.7. The fourth-order valence-electron chi connectivity index (χ4n) is 3.03. The highest BCUT2D eigenvalue weighted by Crippen LogP contribution is 2.30. The van der Waals surface area contributed by atoms with Gasteiger partial charge in [-0.3, -0.25) is 9.59 Å². The topological polar surface area (TPSA) is 81.4 Å². The van der Waals surface area contributed by atoms with E-state index in [0.29, 0.717) is 22.9 Å². The molecule has 1 heterocycles. The van der Waals surface area contributed by atoms with Crippen molar-refractivity contribution in [3.8, 4) is 22.8 Å². The van der Waals surface area contributed by atoms with Gasteiger partial charge in [0.2, 0.25) is 11.8 Å². The molecule has 0 saturated carbocycles. The van der Waals surface area contributed by atoms with Gasteiger partial charge in [-0.15, -0.1) is 0 Å². The number of aryl methyl sites for hydroxylation is 1. The number of Topliss-reactive ketones (excluding diaryl/α,β-unsaturated/α-hetero) is 1. The van der Waals surface area contributed by atoms with Gasteiger partial charge in [0.05, 0.1) is 0 Å². The van der Waals surface area contributed by atoms with Crippen LogP contribution < -0.4 is 5.32 Å². The fraction of sp³-hybridized carbons (Fsp3) is 0.343. The van der Waals surface area contributed by atoms with Crippen molar-refractivity contribution in [2.24, 2.45) is 0 Å². The van der Waals surface area contributed by atoms with E-state index in [1.165, 1.54) is 45.3 Å². The Kier molecular flexibility index (Phi) is 17.8. The van der Waals surface area contributed by atoms with E-state index in [-0.39, 0.29) is 24.0 Å². The first-order chi connectivity index (χ1) is 19.8. The van der Waals surface area contributed by atoms with E-state index in [2.05, 4.69) is 57.1 Å². The number of carbonyl (C=O) groups is 2. The Morgan fingerprint density at radius 2 is 1.27 bits per heavy atom. The number of unbranched alkanes of at least 4 members (excludes halogenated alkanes) is 2. The van der Waals surface area contributed by atoms with Gasteiger partial charge in [-0.1, -0.05) is 107 Å². The fourth-order valence-corrected chi connectivity index (χ4v) is 3.03. The van der Waals surface area contributed by atoms with Gasteiger partial charge in [0.1, 0.15) is 6.61 Å². The largest absolute Gasteiger partial charge is 0.435 e. The molecule has 0 atom stereocenters. The quantitative estimate of drug-likeness (QED) is 0.218. The van der Waals surface area contributed by atoms with E-state index in [0.717, 1.165) is 5.56 Å². The molecule has 0 unspecified atom stereocenters. The second-order valence-electron chi connectivity index (χ2n) is 9.33. The highest BCUT2D eigenvalue weighted by atomic mass is 16.5. The molecule has 0 aliphatic rings. The minimum absolute atomic E-state index is 0.0151. The van der Waals surface area contributed by atoms with Crippen LogP contribution in [-0.2, 0) is 9.53 Å². The number of aromatic nitrogens is 1. The Morgan fingerprint density at radius 1 is 0.756 bits per heavy atom. The van der Waals surface area contributed by atoms with Crippen LogP contribution >= 0.6 is 0 Å². The molecule has 0 saturated heterocycles. The Bertz CT molecular complexity index is 1240. The molecule has 0 bridgehead atoms. The molecule has 1 amide bonds. The summed E-state index contributed by atoms with van der Waals surface area (Å²) in [5.74, 6) is 0.383. The van der Waals surface area contributed by atoms with Crippen molar-refractivity contribution < 1.29 is 18.7 Å². The molecule has 0 fully saturated rings. The number of amides is 1. The molecule has 6 heteroatoms. The van der Waals surface area contributed by atoms with Gasteiger partial charge in [-0.05, 0) is 43.3 Å². The molecule has 1 N–H and O–H groups in total. The number of rotatable bonds is 8. The molecule has 41 heavy (non-hydrogen) atoms. The lowest BCUT2D eigenvalue weighted by molar-refractivity contribution is -0.119. The Labute approximate surface area is 246 Å². The number of oxazole rings is 1. The van der Waals surface area contributed by atoms with Crippen LogP contribution in [0.25, 0.3) is 22.8 Å². The number of carbonyl (C=O) groups excluding carboxylic acids is 2. The maximum absolute atomic E-state index is 12.0. The van der Waals surface area contributed by atoms with E-state index >= 15 is 0 Å². The molecule has 0 aliphatic heterocycles. The first kappa shape index (κ1) is 35.0. The minimum atomic E-state index is -0.240. The highest BCUT2D eigenvalue weighted by Gasteiger charge is 2.19. The van der Waals surface area contributed by atoms with Crippen molar-refractivity contribution in [3.05, 3.63) is 96.2 Å². The number of hydrogen-bond donors (Lipinski definition) is 1. The molecule has 220 valence electrons. The third kappa shape index (κ3) is 13.7. The first-order valence-electron chi connectivity index (χ1n) is 14.3. The number of ether oxygens (including phenoxy) is 1. The van der Waals surface area contributed by atoms with Crippen molar-refractivity contribution >= 4 is 17.4 Å². The summed E-state index contributed by atoms with van der Waals surface area (Å²) in [6, 6.07) is 26.7. The number of anilines is 1. The predicted octanol–water partition coefficient (Wildman–Crippen LogP) is 9.40. The van der Waals surface area contributed by atoms with Gasteiger partial charge in [0, 0.05) is 30.8 Å². The molecule has 4 aromatic rings. The Balaban J connectivity index is 0.000000458. The summed E-state index contributed by atoms with van der Waals surface area (Å²) in [5, 5.41) is 2.71. The van der Waals surface area contributed by atoms with Crippen LogP contribution in [0.15, 0.2) is 89.3 Å². The van der Waals surface area contributed by atoms with Crippen LogP contribution in [0.5, 0.6) is 0 Å². The van der Waals surface area contributed by atoms with Gasteiger partial charge in [-0.25, -0.2) is 4.98 Å². The summed E-state index contributed by atoms with van der Waals surface area (Å²) in [6.07, 6.45) is 5.28. The minimum Gasteiger partial charge on any atom is -0.435 e. The van der Waals surface area contributed by atoms with E-state index in [4.69, 9.17) is 9.15 Å². The normalized spacial score (nSPS) is 9.63. The van der Waals surface area contributed by atoms with Gasteiger partial charge in [0.25, 0.3) is 0 Å². The third-order valence-corrected chi connectivity index (χ3v) is 5.63. The first-order valence-corrected chi connectivity index (χ1v) is 14.3. The lowest BCUT2D eigenvalue weighted by Gasteiger charge is -2.05. The number of nitrogens with zero attached hydrogens (tertiary/aromatic N) is 1. The van der Waals surface area contributed by atoms with Crippen LogP contribution in [-0.4, -0.2) is 30.4 Å². The number of hydrogen-bond acceptors (Lipinski definition) is 5. The van der Waals surface area contributed by atoms with Gasteiger partial charge < -0.3 is 14.5 Å². The maximum Gasteiger partial charge on any atom is 0.250 e. The van der Waals surface area contributed by atoms with E-state index in [1.54, 1.807) is 24.3 Å². The Hall–Kier alpha value is -4.03. The van der Waals surface area contributed by atoms with Crippen molar-refractivity contribution in [1.82, 2.24) is 4.98 Å². The molecular weight excluding hydrogens is 512 g/mol. The molecule has 0 radical (unpaired) electrons. The highest BCUT2D eigenvalue weighted by molar-refractivity contribution is 5.98. The summed E-state index contributed by atoms with van der Waals surface area (Å²) in [5.41, 5.74) is 3.73. The van der Waals surface area contributed by atoms with Gasteiger partial charge in [0.15, 0.2) is 17.2 Å². The predicted molar refractivity (Wildman–Crippen MR) is 170 cm³/mol. The number of benzene rings is 3. The molecular formula is C35H46N2O4. The Morgan fingerprint density at radius 3 is 1.68 bits per heavy atom. The smallest absolute Gasteiger partial charge is 0.250 e. The standard InChI is InChI=1S/C20H18N2O4.C7H8.2C4H10/c1-13(23)18-19(26-20(22-18)15-6-4-3-5-7-15)14-8-10-16(11-9-14)21-17(24)12-25-2;1-7-5-3-2-4-6-7;2*1-3-4-2/h3-11H,12H2,1-2H3,(H,21,24);2-6H,1H3;2*3-4H2,1-2H3. The SMILES string of the molecule is CCCC.CCCC.COCC(=O)Nc1ccc(-c2oc(-c3ccccc3)nc2C(C)=O)cc1.Cc1ccccc1. The van der Waals surface area contributed by atoms with Crippen LogP contribution in [0.4, 0.5) is 5.69 Å². The molecule has 1 aromatic heterocycles. The monoisotopic (exact) mass is 558 g/mol. The maximum atomic E-state index is 12.0. The summed E-state index contributed by atoms with van der Waals surface area (Å²) in [7, 11) is 1.46. The lowest BCUT2D eigenvalue weighted by atomic mass is 10.1. The van der Waals surface area contributed by atoms with Crippen molar-refractivity contribution in [3.63, 3.8) is 0 Å². The zero-order valence-corrected chi connectivity index (χ0v) is 25.7. The number of ketones is 1. The van der Waals surface area contributed by atoms with Crippen molar-refractivity contribution in [2.75, 3.05) is 19.0 Å².